The van der Waals surface area contributed by atoms with E-state index in [4.69, 9.17) is 4.74 Å². The van der Waals surface area contributed by atoms with Gasteiger partial charge in [0.25, 0.3) is 0 Å². The van der Waals surface area contributed by atoms with E-state index in [1.165, 1.54) is 0 Å². The zero-order chi connectivity index (χ0) is 13.5. The van der Waals surface area contributed by atoms with E-state index in [-0.39, 0.29) is 24.1 Å². The third-order valence-corrected chi connectivity index (χ3v) is 3.61. The first kappa shape index (κ1) is 13.2. The second kappa shape index (κ2) is 4.44. The molecular weight excluding hydrogens is 232 g/mol. The topological polar surface area (TPSA) is 49.9 Å². The van der Waals surface area contributed by atoms with Crippen LogP contribution in [0.2, 0.25) is 0 Å². The molecule has 0 spiro atoms. The average molecular weight is 254 g/mol. The summed E-state index contributed by atoms with van der Waals surface area (Å²) in [5, 5.41) is 0. The Labute approximate surface area is 108 Å². The Balaban J connectivity index is 2.02. The van der Waals surface area contributed by atoms with Crippen molar-refractivity contribution >= 4 is 12.0 Å². The minimum Gasteiger partial charge on any atom is -0.444 e. The third-order valence-electron chi connectivity index (χ3n) is 3.61. The van der Waals surface area contributed by atoms with Crippen LogP contribution in [-0.4, -0.2) is 52.6 Å². The van der Waals surface area contributed by atoms with Crippen LogP contribution in [0.1, 0.15) is 40.5 Å². The van der Waals surface area contributed by atoms with E-state index in [0.717, 1.165) is 19.4 Å². The number of fused-ring (bicyclic) bond motifs is 1. The standard InChI is InChI=1S/C13H22N2O3/c1-9(16)14-7-5-11-10(14)6-8-15(11)12(17)18-13(2,3)4/h10-11H,5-8H2,1-4H3. The van der Waals surface area contributed by atoms with Gasteiger partial charge in [-0.1, -0.05) is 0 Å². The zero-order valence-corrected chi connectivity index (χ0v) is 11.6. The molecule has 2 rings (SSSR count). The Kier molecular flexibility index (Phi) is 3.25. The van der Waals surface area contributed by atoms with Crippen molar-refractivity contribution in [2.75, 3.05) is 13.1 Å². The van der Waals surface area contributed by atoms with Gasteiger partial charge in [-0.2, -0.15) is 0 Å². The van der Waals surface area contributed by atoms with Gasteiger partial charge in [0.15, 0.2) is 0 Å². The normalized spacial score (nSPS) is 27.3. The first-order valence-electron chi connectivity index (χ1n) is 6.56. The molecule has 18 heavy (non-hydrogen) atoms. The number of hydrogen-bond donors (Lipinski definition) is 0. The fourth-order valence-corrected chi connectivity index (χ4v) is 2.92. The lowest BCUT2D eigenvalue weighted by Crippen LogP contribution is -2.43. The smallest absolute Gasteiger partial charge is 0.410 e. The summed E-state index contributed by atoms with van der Waals surface area (Å²) in [6.45, 7) is 8.65. The third kappa shape index (κ3) is 2.44. The Morgan fingerprint density at radius 3 is 2.06 bits per heavy atom. The number of carbonyl (C=O) groups is 2. The Hall–Kier alpha value is -1.26. The summed E-state index contributed by atoms with van der Waals surface area (Å²) in [6, 6.07) is 0.332. The van der Waals surface area contributed by atoms with Crippen LogP contribution in [0.4, 0.5) is 4.79 Å². The summed E-state index contributed by atoms with van der Waals surface area (Å²) in [7, 11) is 0. The average Bonchev–Trinajstić information content (AvgIpc) is 2.71. The van der Waals surface area contributed by atoms with Crippen molar-refractivity contribution in [3.63, 3.8) is 0 Å². The van der Waals surface area contributed by atoms with Gasteiger partial charge in [-0.3, -0.25) is 4.79 Å². The maximum Gasteiger partial charge on any atom is 0.410 e. The molecule has 2 aliphatic heterocycles. The number of rotatable bonds is 0. The van der Waals surface area contributed by atoms with Crippen molar-refractivity contribution < 1.29 is 14.3 Å². The molecule has 2 saturated heterocycles. The molecule has 5 heteroatoms. The predicted octanol–water partition coefficient (Wildman–Crippen LogP) is 1.62. The molecule has 0 aromatic rings. The van der Waals surface area contributed by atoms with E-state index in [2.05, 4.69) is 0 Å². The number of hydrogen-bond acceptors (Lipinski definition) is 3. The SMILES string of the molecule is CC(=O)N1CCC2C1CCN2C(=O)OC(C)(C)C. The molecule has 0 saturated carbocycles. The van der Waals surface area contributed by atoms with E-state index in [1.807, 2.05) is 25.7 Å². The Bertz CT molecular complexity index is 362. The van der Waals surface area contributed by atoms with Gasteiger partial charge in [-0.05, 0) is 33.6 Å². The van der Waals surface area contributed by atoms with Crippen LogP contribution < -0.4 is 0 Å². The molecule has 0 aromatic carbocycles. The van der Waals surface area contributed by atoms with E-state index in [1.54, 1.807) is 11.8 Å². The number of amides is 2. The van der Waals surface area contributed by atoms with Crippen molar-refractivity contribution in [1.82, 2.24) is 9.80 Å². The molecule has 2 unspecified atom stereocenters. The molecule has 5 nitrogen and oxygen atoms in total. The van der Waals surface area contributed by atoms with Gasteiger partial charge in [-0.15, -0.1) is 0 Å². The second-order valence-corrected chi connectivity index (χ2v) is 6.10. The van der Waals surface area contributed by atoms with E-state index >= 15 is 0 Å². The highest BCUT2D eigenvalue weighted by atomic mass is 16.6. The number of ether oxygens (including phenoxy) is 1. The maximum atomic E-state index is 12.1. The van der Waals surface area contributed by atoms with Gasteiger partial charge in [-0.25, -0.2) is 4.79 Å². The lowest BCUT2D eigenvalue weighted by Gasteiger charge is -2.28. The highest BCUT2D eigenvalue weighted by Crippen LogP contribution is 2.32. The fraction of sp³-hybridized carbons (Fsp3) is 0.846. The molecule has 0 aromatic heterocycles. The van der Waals surface area contributed by atoms with E-state index in [0.29, 0.717) is 6.54 Å². The molecule has 102 valence electrons. The lowest BCUT2D eigenvalue weighted by molar-refractivity contribution is -0.129. The van der Waals surface area contributed by atoms with Crippen LogP contribution in [0.3, 0.4) is 0 Å². The quantitative estimate of drug-likeness (QED) is 0.660. The summed E-state index contributed by atoms with van der Waals surface area (Å²) in [6.07, 6.45) is 1.48. The molecule has 2 atom stereocenters. The molecule has 0 N–H and O–H groups in total. The summed E-state index contributed by atoms with van der Waals surface area (Å²) >= 11 is 0. The number of carbonyl (C=O) groups excluding carboxylic acids is 2. The van der Waals surface area contributed by atoms with Crippen LogP contribution in [0.5, 0.6) is 0 Å². The van der Waals surface area contributed by atoms with Crippen LogP contribution in [0, 0.1) is 0 Å². The van der Waals surface area contributed by atoms with Gasteiger partial charge in [0.05, 0.1) is 12.1 Å². The first-order valence-corrected chi connectivity index (χ1v) is 6.56. The van der Waals surface area contributed by atoms with Gasteiger partial charge >= 0.3 is 6.09 Å². The van der Waals surface area contributed by atoms with Gasteiger partial charge in [0, 0.05) is 20.0 Å². The van der Waals surface area contributed by atoms with Crippen molar-refractivity contribution in [2.45, 2.75) is 58.2 Å². The Morgan fingerprint density at radius 2 is 1.56 bits per heavy atom. The van der Waals surface area contributed by atoms with Crippen molar-refractivity contribution in [2.24, 2.45) is 0 Å². The summed E-state index contributed by atoms with van der Waals surface area (Å²) < 4.78 is 5.41. The van der Waals surface area contributed by atoms with Crippen molar-refractivity contribution in [3.8, 4) is 0 Å². The minimum atomic E-state index is -0.464. The first-order chi connectivity index (χ1) is 8.29. The molecule has 0 bridgehead atoms. The van der Waals surface area contributed by atoms with Gasteiger partial charge < -0.3 is 14.5 Å². The molecule has 2 amide bonds. The van der Waals surface area contributed by atoms with Crippen LogP contribution >= 0.6 is 0 Å². The van der Waals surface area contributed by atoms with Gasteiger partial charge in [0.1, 0.15) is 5.60 Å². The minimum absolute atomic E-state index is 0.105. The molecular formula is C13H22N2O3. The fourth-order valence-electron chi connectivity index (χ4n) is 2.92. The van der Waals surface area contributed by atoms with Crippen molar-refractivity contribution in [1.29, 1.82) is 0 Å². The van der Waals surface area contributed by atoms with E-state index < -0.39 is 5.60 Å². The number of nitrogens with zero attached hydrogens (tertiary/aromatic N) is 2. The Morgan fingerprint density at radius 1 is 1.06 bits per heavy atom. The van der Waals surface area contributed by atoms with E-state index in [9.17, 15) is 9.59 Å². The molecule has 2 heterocycles. The summed E-state index contributed by atoms with van der Waals surface area (Å²) in [5.41, 5.74) is -0.464. The molecule has 0 radical (unpaired) electrons. The highest BCUT2D eigenvalue weighted by Gasteiger charge is 2.46. The maximum absolute atomic E-state index is 12.1. The van der Waals surface area contributed by atoms with Crippen LogP contribution in [0.25, 0.3) is 0 Å². The van der Waals surface area contributed by atoms with Gasteiger partial charge in [0.2, 0.25) is 5.91 Å². The zero-order valence-electron chi connectivity index (χ0n) is 11.6. The predicted molar refractivity (Wildman–Crippen MR) is 67.1 cm³/mol. The summed E-state index contributed by atoms with van der Waals surface area (Å²) in [5.74, 6) is 0.105. The second-order valence-electron chi connectivity index (χ2n) is 6.10. The number of likely N-dealkylation sites (tertiary alicyclic amines) is 2. The molecule has 0 aliphatic carbocycles. The monoisotopic (exact) mass is 254 g/mol. The van der Waals surface area contributed by atoms with Crippen LogP contribution in [0.15, 0.2) is 0 Å². The largest absolute Gasteiger partial charge is 0.444 e. The lowest BCUT2D eigenvalue weighted by atomic mass is 10.1. The summed E-state index contributed by atoms with van der Waals surface area (Å²) in [4.78, 5) is 27.2. The van der Waals surface area contributed by atoms with Crippen LogP contribution in [-0.2, 0) is 9.53 Å². The molecule has 2 aliphatic rings. The molecule has 2 fully saturated rings. The van der Waals surface area contributed by atoms with Crippen molar-refractivity contribution in [3.05, 3.63) is 0 Å². The highest BCUT2D eigenvalue weighted by molar-refractivity contribution is 5.75.